The fourth-order valence-electron chi connectivity index (χ4n) is 0.517. The van der Waals surface area contributed by atoms with Gasteiger partial charge in [-0.15, -0.1) is 0 Å². The van der Waals surface area contributed by atoms with Crippen molar-refractivity contribution >= 4 is 39.0 Å². The summed E-state index contributed by atoms with van der Waals surface area (Å²) in [4.78, 5) is 14.3. The van der Waals surface area contributed by atoms with Crippen molar-refractivity contribution in [1.82, 2.24) is 4.98 Å². The Morgan fingerprint density at radius 2 is 2.45 bits per heavy atom. The number of nitrogens with one attached hydrogen (secondary N) is 1. The number of halogens is 1. The highest BCUT2D eigenvalue weighted by atomic mass is 35.5. The fourth-order valence-corrected chi connectivity index (χ4v) is 1.44. The number of nitrogens with two attached hydrogens (primary N) is 1. The van der Waals surface area contributed by atoms with Gasteiger partial charge < -0.3 is 11.1 Å². The summed E-state index contributed by atoms with van der Waals surface area (Å²) in [6, 6.07) is 0. The maximum absolute atomic E-state index is 10.5. The number of carbonyl (C=O) groups excluding carboxylic acids is 1. The number of hydrogen-bond donors (Lipinski definition) is 2. The average Bonchev–Trinajstić information content (AvgIpc) is 2.10. The molecule has 0 atom stereocenters. The van der Waals surface area contributed by atoms with Crippen LogP contribution in [-0.4, -0.2) is 10.9 Å². The summed E-state index contributed by atoms with van der Waals surface area (Å²) in [6.45, 7) is 1.39. The van der Waals surface area contributed by atoms with Gasteiger partial charge in [0.2, 0.25) is 5.91 Å². The average molecular weight is 192 g/mol. The summed E-state index contributed by atoms with van der Waals surface area (Å²) in [6.07, 6.45) is 0. The molecular formula is C5H6ClN3OS. The number of thiazole rings is 1. The maximum Gasteiger partial charge on any atom is 0.223 e. The summed E-state index contributed by atoms with van der Waals surface area (Å²) >= 11 is 6.68. The minimum atomic E-state index is -0.185. The molecule has 0 radical (unpaired) electrons. The van der Waals surface area contributed by atoms with Gasteiger partial charge in [-0.2, -0.15) is 0 Å². The molecule has 0 spiro atoms. The Bertz CT molecular complexity index is 266. The van der Waals surface area contributed by atoms with Crippen LogP contribution in [0.25, 0.3) is 0 Å². The van der Waals surface area contributed by atoms with Crippen LogP contribution >= 0.6 is 22.9 Å². The monoisotopic (exact) mass is 191 g/mol. The van der Waals surface area contributed by atoms with E-state index in [1.54, 1.807) is 0 Å². The van der Waals surface area contributed by atoms with Crippen LogP contribution in [-0.2, 0) is 4.79 Å². The molecule has 0 unspecified atom stereocenters. The lowest BCUT2D eigenvalue weighted by molar-refractivity contribution is -0.114. The van der Waals surface area contributed by atoms with Crippen molar-refractivity contribution in [2.75, 3.05) is 11.1 Å². The van der Waals surface area contributed by atoms with Gasteiger partial charge in [-0.3, -0.25) is 4.79 Å². The van der Waals surface area contributed by atoms with Crippen LogP contribution in [0.5, 0.6) is 0 Å². The number of rotatable bonds is 1. The van der Waals surface area contributed by atoms with Crippen molar-refractivity contribution in [3.63, 3.8) is 0 Å². The first-order chi connectivity index (χ1) is 5.09. The van der Waals surface area contributed by atoms with Crippen molar-refractivity contribution in [2.24, 2.45) is 0 Å². The molecule has 1 rings (SSSR count). The smallest absolute Gasteiger partial charge is 0.223 e. The number of nitrogen functional groups attached to an aromatic ring is 1. The van der Waals surface area contributed by atoms with Gasteiger partial charge >= 0.3 is 0 Å². The number of nitrogens with zero attached hydrogens (tertiary/aromatic N) is 1. The Kier molecular flexibility index (Phi) is 2.31. The van der Waals surface area contributed by atoms with Crippen LogP contribution in [0, 0.1) is 0 Å². The van der Waals surface area contributed by atoms with E-state index in [2.05, 4.69) is 10.3 Å². The molecule has 0 aliphatic rings. The van der Waals surface area contributed by atoms with E-state index in [4.69, 9.17) is 17.3 Å². The molecule has 3 N–H and O–H groups in total. The van der Waals surface area contributed by atoms with Gasteiger partial charge in [0.25, 0.3) is 0 Å². The number of amides is 1. The molecule has 0 aliphatic carbocycles. The number of carbonyl (C=O) groups is 1. The summed E-state index contributed by atoms with van der Waals surface area (Å²) in [5.74, 6) is -0.185. The van der Waals surface area contributed by atoms with Gasteiger partial charge in [0, 0.05) is 6.92 Å². The summed E-state index contributed by atoms with van der Waals surface area (Å²) < 4.78 is 0. The van der Waals surface area contributed by atoms with E-state index in [-0.39, 0.29) is 11.1 Å². The van der Waals surface area contributed by atoms with Gasteiger partial charge in [-0.25, -0.2) is 4.98 Å². The molecule has 1 aromatic rings. The highest BCUT2D eigenvalue weighted by molar-refractivity contribution is 7.20. The largest absolute Gasteiger partial charge is 0.388 e. The van der Waals surface area contributed by atoms with Crippen molar-refractivity contribution in [3.8, 4) is 0 Å². The molecular weight excluding hydrogens is 186 g/mol. The Balaban J connectivity index is 2.81. The summed E-state index contributed by atoms with van der Waals surface area (Å²) in [7, 11) is 0. The number of aromatic nitrogens is 1. The normalized spacial score (nSPS) is 9.64. The Morgan fingerprint density at radius 1 is 1.82 bits per heavy atom. The van der Waals surface area contributed by atoms with Crippen LogP contribution in [0.2, 0.25) is 5.15 Å². The van der Waals surface area contributed by atoms with Gasteiger partial charge in [-0.1, -0.05) is 22.9 Å². The minimum Gasteiger partial charge on any atom is -0.388 e. The van der Waals surface area contributed by atoms with Crippen molar-refractivity contribution in [2.45, 2.75) is 6.92 Å². The Labute approximate surface area is 72.4 Å². The van der Waals surface area contributed by atoms with Gasteiger partial charge in [-0.05, 0) is 0 Å². The molecule has 0 aliphatic heterocycles. The van der Waals surface area contributed by atoms with E-state index in [1.807, 2.05) is 0 Å². The molecule has 0 aromatic carbocycles. The molecule has 0 saturated carbocycles. The van der Waals surface area contributed by atoms with Crippen molar-refractivity contribution in [3.05, 3.63) is 5.15 Å². The topological polar surface area (TPSA) is 68.0 Å². The Morgan fingerprint density at radius 3 is 2.82 bits per heavy atom. The van der Waals surface area contributed by atoms with Crippen molar-refractivity contribution in [1.29, 1.82) is 0 Å². The molecule has 60 valence electrons. The van der Waals surface area contributed by atoms with Crippen molar-refractivity contribution < 1.29 is 4.79 Å². The van der Waals surface area contributed by atoms with Gasteiger partial charge in [0.15, 0.2) is 10.3 Å². The third-order valence-electron chi connectivity index (χ3n) is 0.893. The van der Waals surface area contributed by atoms with Crippen LogP contribution in [0.4, 0.5) is 10.1 Å². The predicted octanol–water partition coefficient (Wildman–Crippen LogP) is 1.34. The zero-order valence-electron chi connectivity index (χ0n) is 5.72. The summed E-state index contributed by atoms with van der Waals surface area (Å²) in [5.41, 5.74) is 5.39. The molecule has 1 aromatic heterocycles. The molecule has 6 heteroatoms. The molecule has 1 heterocycles. The molecule has 1 amide bonds. The van der Waals surface area contributed by atoms with Gasteiger partial charge in [0.05, 0.1) is 0 Å². The van der Waals surface area contributed by atoms with E-state index in [0.717, 1.165) is 11.3 Å². The first-order valence-electron chi connectivity index (χ1n) is 2.79. The van der Waals surface area contributed by atoms with E-state index in [1.165, 1.54) is 6.92 Å². The van der Waals surface area contributed by atoms with E-state index in [9.17, 15) is 4.79 Å². The molecule has 0 saturated heterocycles. The predicted molar refractivity (Wildman–Crippen MR) is 45.8 cm³/mol. The molecule has 4 nitrogen and oxygen atoms in total. The standard InChI is InChI=1S/C5H6ClN3OS/c1-2(10)8-5-9-3(6)4(7)11-5/h7H2,1H3,(H,8,9,10). The first-order valence-corrected chi connectivity index (χ1v) is 3.98. The fraction of sp³-hybridized carbons (Fsp3) is 0.200. The SMILES string of the molecule is CC(=O)Nc1nc(Cl)c(N)s1. The second-order valence-corrected chi connectivity index (χ2v) is 3.24. The quantitative estimate of drug-likeness (QED) is 0.704. The van der Waals surface area contributed by atoms with Gasteiger partial charge in [0.1, 0.15) is 5.00 Å². The second-order valence-electron chi connectivity index (χ2n) is 1.86. The van der Waals surface area contributed by atoms with Crippen LogP contribution in [0.3, 0.4) is 0 Å². The number of anilines is 2. The highest BCUT2D eigenvalue weighted by Gasteiger charge is 2.05. The number of hydrogen-bond acceptors (Lipinski definition) is 4. The first kappa shape index (κ1) is 8.29. The van der Waals surface area contributed by atoms with Crippen LogP contribution in [0.1, 0.15) is 6.92 Å². The third kappa shape index (κ3) is 2.06. The Hall–Kier alpha value is -0.810. The highest BCUT2D eigenvalue weighted by Crippen LogP contribution is 2.28. The lowest BCUT2D eigenvalue weighted by Gasteiger charge is -1.91. The maximum atomic E-state index is 10.5. The minimum absolute atomic E-state index is 0.185. The third-order valence-corrected chi connectivity index (χ3v) is 2.09. The van der Waals surface area contributed by atoms with E-state index in [0.29, 0.717) is 10.1 Å². The van der Waals surface area contributed by atoms with E-state index < -0.39 is 0 Å². The van der Waals surface area contributed by atoms with E-state index >= 15 is 0 Å². The van der Waals surface area contributed by atoms with Crippen LogP contribution < -0.4 is 11.1 Å². The zero-order chi connectivity index (χ0) is 8.43. The molecule has 0 bridgehead atoms. The zero-order valence-corrected chi connectivity index (χ0v) is 7.29. The molecule has 0 fully saturated rings. The lowest BCUT2D eigenvalue weighted by Crippen LogP contribution is -2.04. The van der Waals surface area contributed by atoms with Crippen LogP contribution in [0.15, 0.2) is 0 Å². The second kappa shape index (κ2) is 3.06. The molecule has 11 heavy (non-hydrogen) atoms. The lowest BCUT2D eigenvalue weighted by atomic mass is 10.7. The summed E-state index contributed by atoms with van der Waals surface area (Å²) in [5, 5.41) is 3.55.